The van der Waals surface area contributed by atoms with E-state index in [-0.39, 0.29) is 22.2 Å². The number of nitrogens with zero attached hydrogens (tertiary/aromatic N) is 2. The second-order valence-corrected chi connectivity index (χ2v) is 9.44. The van der Waals surface area contributed by atoms with Crippen molar-refractivity contribution in [3.8, 4) is 11.5 Å². The standard InChI is InChI=1S/C26H31N5O5S/c1-15(2)12-13-29-25(33)22(16-8-10-18(35-3)11-9-16)31(17-6-5-7-19(14-17)36-4)26(34)23-20(27)21(24(28)32)30-37-23/h5-11,14-15,22H,12-13,27H2,1-4H3,(H2,28,32)(H,29,33)/t22-/m1/s1. The Hall–Kier alpha value is -4.12. The van der Waals surface area contributed by atoms with E-state index in [4.69, 9.17) is 20.9 Å². The van der Waals surface area contributed by atoms with Crippen LogP contribution in [-0.2, 0) is 4.79 Å². The van der Waals surface area contributed by atoms with Gasteiger partial charge in [0, 0.05) is 18.3 Å². The molecule has 0 unspecified atom stereocenters. The summed E-state index contributed by atoms with van der Waals surface area (Å²) in [6.07, 6.45) is 0.762. The van der Waals surface area contributed by atoms with Crippen LogP contribution in [-0.4, -0.2) is 42.9 Å². The third-order valence-electron chi connectivity index (χ3n) is 5.66. The number of hydrogen-bond acceptors (Lipinski definition) is 8. The number of carbonyl (C=O) groups excluding carboxylic acids is 3. The molecule has 2 aromatic carbocycles. The molecule has 5 N–H and O–H groups in total. The zero-order chi connectivity index (χ0) is 27.1. The van der Waals surface area contributed by atoms with Crippen molar-refractivity contribution in [2.45, 2.75) is 26.3 Å². The number of ether oxygens (including phenoxy) is 2. The van der Waals surface area contributed by atoms with Crippen molar-refractivity contribution in [2.24, 2.45) is 11.7 Å². The van der Waals surface area contributed by atoms with Crippen LogP contribution < -0.4 is 31.2 Å². The Morgan fingerprint density at radius 3 is 2.30 bits per heavy atom. The van der Waals surface area contributed by atoms with Crippen LogP contribution in [0.25, 0.3) is 0 Å². The zero-order valence-corrected chi connectivity index (χ0v) is 22.0. The van der Waals surface area contributed by atoms with E-state index in [1.54, 1.807) is 55.6 Å². The van der Waals surface area contributed by atoms with Crippen LogP contribution in [0.2, 0.25) is 0 Å². The summed E-state index contributed by atoms with van der Waals surface area (Å²) >= 11 is 0.748. The van der Waals surface area contributed by atoms with E-state index in [2.05, 4.69) is 23.5 Å². The summed E-state index contributed by atoms with van der Waals surface area (Å²) in [5.74, 6) is -0.395. The molecule has 1 aromatic heterocycles. The number of rotatable bonds is 11. The Balaban J connectivity index is 2.18. The minimum Gasteiger partial charge on any atom is -0.497 e. The predicted octanol–water partition coefficient (Wildman–Crippen LogP) is 3.39. The summed E-state index contributed by atoms with van der Waals surface area (Å²) in [7, 11) is 3.05. The van der Waals surface area contributed by atoms with Gasteiger partial charge in [0.1, 0.15) is 22.4 Å². The van der Waals surface area contributed by atoms with Gasteiger partial charge in [0.2, 0.25) is 5.91 Å². The van der Waals surface area contributed by atoms with E-state index in [0.717, 1.165) is 18.0 Å². The number of aromatic nitrogens is 1. The van der Waals surface area contributed by atoms with E-state index >= 15 is 0 Å². The molecule has 3 rings (SSSR count). The van der Waals surface area contributed by atoms with E-state index in [1.807, 2.05) is 0 Å². The van der Waals surface area contributed by atoms with Gasteiger partial charge in [-0.1, -0.05) is 32.0 Å². The number of primary amides is 1. The number of hydrogen-bond donors (Lipinski definition) is 3. The average molecular weight is 526 g/mol. The highest BCUT2D eigenvalue weighted by molar-refractivity contribution is 7.09. The summed E-state index contributed by atoms with van der Waals surface area (Å²) in [6.45, 7) is 4.54. The van der Waals surface area contributed by atoms with Crippen LogP contribution in [0, 0.1) is 5.92 Å². The highest BCUT2D eigenvalue weighted by Gasteiger charge is 2.36. The first-order chi connectivity index (χ1) is 17.7. The number of nitrogen functional groups attached to an aromatic ring is 1. The fourth-order valence-corrected chi connectivity index (χ4v) is 4.41. The molecule has 0 radical (unpaired) electrons. The molecule has 10 nitrogen and oxygen atoms in total. The number of nitrogens with one attached hydrogen (secondary N) is 1. The molecule has 3 amide bonds. The van der Waals surface area contributed by atoms with Gasteiger partial charge in [0.25, 0.3) is 11.8 Å². The molecule has 0 saturated heterocycles. The highest BCUT2D eigenvalue weighted by Crippen LogP contribution is 2.35. The lowest BCUT2D eigenvalue weighted by atomic mass is 10.0. The van der Waals surface area contributed by atoms with E-state index in [1.165, 1.54) is 12.0 Å². The molecule has 1 heterocycles. The van der Waals surface area contributed by atoms with E-state index in [0.29, 0.717) is 35.2 Å². The van der Waals surface area contributed by atoms with Gasteiger partial charge in [-0.15, -0.1) is 0 Å². The maximum atomic E-state index is 14.0. The minimum absolute atomic E-state index is 0.00916. The van der Waals surface area contributed by atoms with Gasteiger partial charge < -0.3 is 26.3 Å². The smallest absolute Gasteiger partial charge is 0.273 e. The topological polar surface area (TPSA) is 150 Å². The molecule has 0 saturated carbocycles. The number of carbonyl (C=O) groups is 3. The molecule has 11 heteroatoms. The summed E-state index contributed by atoms with van der Waals surface area (Å²) in [5.41, 5.74) is 12.1. The predicted molar refractivity (Wildman–Crippen MR) is 143 cm³/mol. The number of amides is 3. The SMILES string of the molecule is COc1ccc([C@H](C(=O)NCCC(C)C)N(C(=O)c2snc(C(N)=O)c2N)c2cccc(OC)c2)cc1. The average Bonchev–Trinajstić information content (AvgIpc) is 3.28. The van der Waals surface area contributed by atoms with Gasteiger partial charge in [0.05, 0.1) is 19.9 Å². The van der Waals surface area contributed by atoms with Gasteiger partial charge in [-0.25, -0.2) is 0 Å². The van der Waals surface area contributed by atoms with Crippen molar-refractivity contribution in [2.75, 3.05) is 31.4 Å². The molecular weight excluding hydrogens is 494 g/mol. The quantitative estimate of drug-likeness (QED) is 0.347. The molecule has 3 aromatic rings. The second kappa shape index (κ2) is 12.2. The van der Waals surface area contributed by atoms with Gasteiger partial charge in [-0.3, -0.25) is 19.3 Å². The lowest BCUT2D eigenvalue weighted by Crippen LogP contribution is -2.44. The van der Waals surface area contributed by atoms with Crippen molar-refractivity contribution in [1.29, 1.82) is 0 Å². The van der Waals surface area contributed by atoms with E-state index < -0.39 is 17.9 Å². The number of benzene rings is 2. The second-order valence-electron chi connectivity index (χ2n) is 8.66. The summed E-state index contributed by atoms with van der Waals surface area (Å²) in [6, 6.07) is 12.5. The molecule has 196 valence electrons. The van der Waals surface area contributed by atoms with Crippen molar-refractivity contribution in [3.05, 3.63) is 64.7 Å². The number of anilines is 2. The first-order valence-corrected chi connectivity index (χ1v) is 12.4. The maximum absolute atomic E-state index is 14.0. The van der Waals surface area contributed by atoms with Crippen LogP contribution in [0.3, 0.4) is 0 Å². The molecule has 0 aliphatic heterocycles. The lowest BCUT2D eigenvalue weighted by Gasteiger charge is -2.31. The van der Waals surface area contributed by atoms with Crippen molar-refractivity contribution in [1.82, 2.24) is 9.69 Å². The minimum atomic E-state index is -1.09. The normalized spacial score (nSPS) is 11.6. The molecule has 0 aliphatic rings. The van der Waals surface area contributed by atoms with Crippen LogP contribution in [0.15, 0.2) is 48.5 Å². The molecule has 0 fully saturated rings. The lowest BCUT2D eigenvalue weighted by molar-refractivity contribution is -0.122. The van der Waals surface area contributed by atoms with Gasteiger partial charge >= 0.3 is 0 Å². The van der Waals surface area contributed by atoms with Crippen LogP contribution in [0.1, 0.15) is 52.0 Å². The van der Waals surface area contributed by atoms with Crippen molar-refractivity contribution < 1.29 is 23.9 Å². The fourth-order valence-electron chi connectivity index (χ4n) is 3.67. The van der Waals surface area contributed by atoms with Gasteiger partial charge in [0.15, 0.2) is 5.69 Å². The van der Waals surface area contributed by atoms with Crippen molar-refractivity contribution >= 4 is 40.6 Å². The van der Waals surface area contributed by atoms with E-state index in [9.17, 15) is 14.4 Å². The Morgan fingerprint density at radius 1 is 1.05 bits per heavy atom. The summed E-state index contributed by atoms with van der Waals surface area (Å²) in [5, 5.41) is 2.95. The van der Waals surface area contributed by atoms with Gasteiger partial charge in [-0.2, -0.15) is 4.37 Å². The molecule has 37 heavy (non-hydrogen) atoms. The number of nitrogens with two attached hydrogens (primary N) is 2. The fraction of sp³-hybridized carbons (Fsp3) is 0.308. The Labute approximate surface area is 219 Å². The maximum Gasteiger partial charge on any atom is 0.273 e. The molecule has 0 bridgehead atoms. The largest absolute Gasteiger partial charge is 0.497 e. The molecule has 0 spiro atoms. The third-order valence-corrected chi connectivity index (χ3v) is 6.52. The molecular formula is C26H31N5O5S. The van der Waals surface area contributed by atoms with Crippen LogP contribution >= 0.6 is 11.5 Å². The number of methoxy groups -OCH3 is 2. The van der Waals surface area contributed by atoms with Crippen LogP contribution in [0.5, 0.6) is 11.5 Å². The Bertz CT molecular complexity index is 1260. The summed E-state index contributed by atoms with van der Waals surface area (Å²) in [4.78, 5) is 40.8. The van der Waals surface area contributed by atoms with Gasteiger partial charge in [-0.05, 0) is 53.7 Å². The zero-order valence-electron chi connectivity index (χ0n) is 21.2. The molecule has 1 atom stereocenters. The monoisotopic (exact) mass is 525 g/mol. The first-order valence-electron chi connectivity index (χ1n) is 11.6. The Morgan fingerprint density at radius 2 is 1.73 bits per heavy atom. The first kappa shape index (κ1) is 27.5. The highest BCUT2D eigenvalue weighted by atomic mass is 32.1. The van der Waals surface area contributed by atoms with Crippen LogP contribution in [0.4, 0.5) is 11.4 Å². The third kappa shape index (κ3) is 6.36. The summed E-state index contributed by atoms with van der Waals surface area (Å²) < 4.78 is 14.6. The van der Waals surface area contributed by atoms with Crippen molar-refractivity contribution in [3.63, 3.8) is 0 Å². The molecule has 0 aliphatic carbocycles. The Kier molecular flexibility index (Phi) is 9.07.